The molecule has 0 unspecified atom stereocenters. The van der Waals surface area contributed by atoms with Crippen LogP contribution in [0, 0.1) is 0 Å². The van der Waals surface area contributed by atoms with E-state index >= 15 is 0 Å². The number of ether oxygens (including phenoxy) is 1. The topological polar surface area (TPSA) is 67.5 Å². The van der Waals surface area contributed by atoms with Gasteiger partial charge in [-0.05, 0) is 42.3 Å². The maximum Gasteiger partial charge on any atom is 0.248 e. The summed E-state index contributed by atoms with van der Waals surface area (Å²) in [5.74, 6) is 1.81. The van der Waals surface area contributed by atoms with Gasteiger partial charge in [0.05, 0.1) is 0 Å². The number of piperazine rings is 1. The molecule has 1 aromatic heterocycles. The number of aryl methyl sites for hydroxylation is 1. The van der Waals surface area contributed by atoms with Crippen molar-refractivity contribution >= 4 is 28.8 Å². The van der Waals surface area contributed by atoms with E-state index in [0.717, 1.165) is 43.3 Å². The average Bonchev–Trinajstić information content (AvgIpc) is 2.76. The number of benzene rings is 2. The maximum atomic E-state index is 6.36. The first kappa shape index (κ1) is 19.3. The van der Waals surface area contributed by atoms with Gasteiger partial charge in [-0.25, -0.2) is 4.98 Å². The van der Waals surface area contributed by atoms with Gasteiger partial charge in [-0.2, -0.15) is 4.98 Å². The first-order chi connectivity index (χ1) is 14.1. The van der Waals surface area contributed by atoms with Crippen LogP contribution in [-0.2, 0) is 6.42 Å². The average molecular weight is 410 g/mol. The second kappa shape index (κ2) is 8.57. The highest BCUT2D eigenvalue weighted by molar-refractivity contribution is 6.30. The van der Waals surface area contributed by atoms with Crippen LogP contribution in [0.25, 0.3) is 0 Å². The molecule has 1 aliphatic heterocycles. The Kier molecular flexibility index (Phi) is 5.71. The highest BCUT2D eigenvalue weighted by Gasteiger charge is 2.22. The van der Waals surface area contributed by atoms with Crippen molar-refractivity contribution in [2.75, 3.05) is 41.7 Å². The fraction of sp³-hybridized carbons (Fsp3) is 0.273. The minimum Gasteiger partial charge on any atom is -0.437 e. The van der Waals surface area contributed by atoms with Crippen molar-refractivity contribution in [2.45, 2.75) is 13.3 Å². The Morgan fingerprint density at radius 1 is 1.00 bits per heavy atom. The van der Waals surface area contributed by atoms with Crippen molar-refractivity contribution in [3.8, 4) is 11.6 Å². The lowest BCUT2D eigenvalue weighted by atomic mass is 10.2. The molecule has 1 saturated heterocycles. The molecule has 6 nitrogen and oxygen atoms in total. The summed E-state index contributed by atoms with van der Waals surface area (Å²) in [5.41, 5.74) is 9.21. The normalized spacial score (nSPS) is 14.1. The molecule has 0 radical (unpaired) electrons. The summed E-state index contributed by atoms with van der Waals surface area (Å²) in [6.45, 7) is 5.45. The van der Waals surface area contributed by atoms with Gasteiger partial charge in [-0.15, -0.1) is 0 Å². The van der Waals surface area contributed by atoms with E-state index in [2.05, 4.69) is 32.8 Å². The molecule has 3 aromatic rings. The van der Waals surface area contributed by atoms with Gasteiger partial charge in [0.25, 0.3) is 0 Å². The molecule has 0 saturated carbocycles. The second-order valence-corrected chi connectivity index (χ2v) is 7.41. The van der Waals surface area contributed by atoms with Gasteiger partial charge in [0.1, 0.15) is 17.8 Å². The number of aromatic nitrogens is 2. The minimum atomic E-state index is 0.386. The molecule has 4 rings (SSSR count). The van der Waals surface area contributed by atoms with Crippen LogP contribution in [0.5, 0.6) is 11.6 Å². The molecular weight excluding hydrogens is 386 g/mol. The van der Waals surface area contributed by atoms with Crippen LogP contribution >= 0.6 is 11.6 Å². The predicted octanol–water partition coefficient (Wildman–Crippen LogP) is 4.39. The van der Waals surface area contributed by atoms with Crippen molar-refractivity contribution in [1.82, 2.24) is 9.97 Å². The van der Waals surface area contributed by atoms with E-state index < -0.39 is 0 Å². The highest BCUT2D eigenvalue weighted by Crippen LogP contribution is 2.32. The summed E-state index contributed by atoms with van der Waals surface area (Å²) in [7, 11) is 0. The Morgan fingerprint density at radius 3 is 2.41 bits per heavy atom. The monoisotopic (exact) mass is 409 g/mol. The number of hydrogen-bond acceptors (Lipinski definition) is 6. The van der Waals surface area contributed by atoms with Crippen LogP contribution in [-0.4, -0.2) is 36.1 Å². The summed E-state index contributed by atoms with van der Waals surface area (Å²) in [5, 5.41) is 0.749. The first-order valence-electron chi connectivity index (χ1n) is 9.77. The Labute approximate surface area is 175 Å². The van der Waals surface area contributed by atoms with Gasteiger partial charge in [0.2, 0.25) is 5.88 Å². The molecular formula is C22H24ClN5O. The number of anilines is 3. The second-order valence-electron chi connectivity index (χ2n) is 6.97. The number of rotatable bonds is 5. The standard InChI is InChI=1S/C22H24ClN5O/c1-2-16-6-8-19(9-7-16)29-22-20(24)21(25-15-26-22)28-12-10-27(11-13-28)18-5-3-4-17(23)14-18/h3-9,14-15H,2,10-13,24H2,1H3. The van der Waals surface area contributed by atoms with Crippen molar-refractivity contribution in [1.29, 1.82) is 0 Å². The van der Waals surface area contributed by atoms with E-state index in [4.69, 9.17) is 22.1 Å². The number of nitrogen functional groups attached to an aromatic ring is 1. The number of nitrogens with zero attached hydrogens (tertiary/aromatic N) is 4. The molecule has 2 N–H and O–H groups in total. The lowest BCUT2D eigenvalue weighted by molar-refractivity contribution is 0.463. The third-order valence-electron chi connectivity index (χ3n) is 5.12. The van der Waals surface area contributed by atoms with Crippen LogP contribution in [0.1, 0.15) is 12.5 Å². The molecule has 2 aromatic carbocycles. The molecule has 0 aliphatic carbocycles. The van der Waals surface area contributed by atoms with Gasteiger partial charge < -0.3 is 20.3 Å². The van der Waals surface area contributed by atoms with Crippen LogP contribution in [0.2, 0.25) is 5.02 Å². The molecule has 0 atom stereocenters. The van der Waals surface area contributed by atoms with Crippen molar-refractivity contribution in [3.05, 3.63) is 65.4 Å². The molecule has 0 bridgehead atoms. The third kappa shape index (κ3) is 4.38. The maximum absolute atomic E-state index is 6.36. The Hall–Kier alpha value is -2.99. The van der Waals surface area contributed by atoms with E-state index in [1.807, 2.05) is 42.5 Å². The fourth-order valence-corrected chi connectivity index (χ4v) is 3.64. The zero-order chi connectivity index (χ0) is 20.2. The van der Waals surface area contributed by atoms with E-state index in [-0.39, 0.29) is 0 Å². The molecule has 0 spiro atoms. The SMILES string of the molecule is CCc1ccc(Oc2ncnc(N3CCN(c4cccc(Cl)c4)CC3)c2N)cc1. The van der Waals surface area contributed by atoms with E-state index in [1.54, 1.807) is 0 Å². The number of nitrogens with two attached hydrogens (primary N) is 1. The Bertz CT molecular complexity index is 971. The van der Waals surface area contributed by atoms with Crippen molar-refractivity contribution in [2.24, 2.45) is 0 Å². The van der Waals surface area contributed by atoms with E-state index in [1.165, 1.54) is 11.9 Å². The first-order valence-corrected chi connectivity index (χ1v) is 10.1. The largest absolute Gasteiger partial charge is 0.437 e. The summed E-state index contributed by atoms with van der Waals surface area (Å²) in [6.07, 6.45) is 2.49. The van der Waals surface area contributed by atoms with Crippen LogP contribution in [0.4, 0.5) is 17.2 Å². The minimum absolute atomic E-state index is 0.386. The molecule has 2 heterocycles. The van der Waals surface area contributed by atoms with Crippen LogP contribution < -0.4 is 20.3 Å². The smallest absolute Gasteiger partial charge is 0.248 e. The quantitative estimate of drug-likeness (QED) is 0.673. The molecule has 0 amide bonds. The van der Waals surface area contributed by atoms with Crippen LogP contribution in [0.3, 0.4) is 0 Å². The summed E-state index contributed by atoms with van der Waals surface area (Å²) >= 11 is 6.13. The van der Waals surface area contributed by atoms with Gasteiger partial charge in [0.15, 0.2) is 5.82 Å². The lowest BCUT2D eigenvalue weighted by Crippen LogP contribution is -2.47. The lowest BCUT2D eigenvalue weighted by Gasteiger charge is -2.37. The number of hydrogen-bond donors (Lipinski definition) is 1. The van der Waals surface area contributed by atoms with E-state index in [9.17, 15) is 0 Å². The molecule has 29 heavy (non-hydrogen) atoms. The Morgan fingerprint density at radius 2 is 1.72 bits per heavy atom. The Balaban J connectivity index is 1.46. The van der Waals surface area contributed by atoms with Gasteiger partial charge in [-0.3, -0.25) is 0 Å². The summed E-state index contributed by atoms with van der Waals surface area (Å²) in [4.78, 5) is 13.1. The molecule has 1 aliphatic rings. The van der Waals surface area contributed by atoms with Gasteiger partial charge in [-0.1, -0.05) is 36.7 Å². The van der Waals surface area contributed by atoms with E-state index in [0.29, 0.717) is 23.1 Å². The highest BCUT2D eigenvalue weighted by atomic mass is 35.5. The zero-order valence-electron chi connectivity index (χ0n) is 16.4. The van der Waals surface area contributed by atoms with Gasteiger partial charge in [0, 0.05) is 36.9 Å². The zero-order valence-corrected chi connectivity index (χ0v) is 17.1. The molecule has 1 fully saturated rings. The molecule has 7 heteroatoms. The van der Waals surface area contributed by atoms with Crippen molar-refractivity contribution < 1.29 is 4.74 Å². The van der Waals surface area contributed by atoms with Gasteiger partial charge >= 0.3 is 0 Å². The van der Waals surface area contributed by atoms with Crippen molar-refractivity contribution in [3.63, 3.8) is 0 Å². The fourth-order valence-electron chi connectivity index (χ4n) is 3.46. The third-order valence-corrected chi connectivity index (χ3v) is 5.36. The van der Waals surface area contributed by atoms with Crippen LogP contribution in [0.15, 0.2) is 54.9 Å². The summed E-state index contributed by atoms with van der Waals surface area (Å²) < 4.78 is 5.92. The number of halogens is 1. The molecule has 150 valence electrons. The predicted molar refractivity (Wildman–Crippen MR) is 118 cm³/mol. The summed E-state index contributed by atoms with van der Waals surface area (Å²) in [6, 6.07) is 15.9.